The van der Waals surface area contributed by atoms with Crippen LogP contribution in [0.5, 0.6) is 0 Å². The number of carbonyl (C=O) groups is 3. The van der Waals surface area contributed by atoms with Crippen LogP contribution in [0.15, 0.2) is 36.0 Å². The first-order chi connectivity index (χ1) is 14.5. The van der Waals surface area contributed by atoms with Gasteiger partial charge in [0.05, 0.1) is 11.4 Å². The highest BCUT2D eigenvalue weighted by Gasteiger charge is 2.72. The molecule has 0 aromatic heterocycles. The maximum atomic E-state index is 13.4. The van der Waals surface area contributed by atoms with Gasteiger partial charge in [0.15, 0.2) is 17.2 Å². The lowest BCUT2D eigenvalue weighted by Gasteiger charge is -2.58. The van der Waals surface area contributed by atoms with E-state index in [2.05, 4.69) is 28.9 Å². The number of ketones is 2. The highest BCUT2D eigenvalue weighted by Crippen LogP contribution is 2.68. The van der Waals surface area contributed by atoms with Crippen molar-refractivity contribution in [3.05, 3.63) is 36.0 Å². The molecule has 31 heavy (non-hydrogen) atoms. The molecule has 0 heterocycles. The number of alkyl halides is 1. The topological polar surface area (TPSA) is 80.7 Å². The van der Waals surface area contributed by atoms with Crippen molar-refractivity contribution in [3.63, 3.8) is 0 Å². The van der Waals surface area contributed by atoms with E-state index in [-0.39, 0.29) is 53.0 Å². The molecule has 0 bridgehead atoms. The smallest absolute Gasteiger partial charge is 0.306 e. The van der Waals surface area contributed by atoms with Crippen molar-refractivity contribution in [1.29, 1.82) is 0 Å². The number of rotatable bonds is 4. The molecule has 4 rings (SSSR count). The van der Waals surface area contributed by atoms with Crippen molar-refractivity contribution >= 4 is 33.5 Å². The fourth-order valence-corrected chi connectivity index (χ4v) is 7.74. The third-order valence-electron chi connectivity index (χ3n) is 8.70. The molecule has 0 spiro atoms. The van der Waals surface area contributed by atoms with Gasteiger partial charge in [0.1, 0.15) is 0 Å². The summed E-state index contributed by atoms with van der Waals surface area (Å²) in [6.45, 7) is 7.83. The quantitative estimate of drug-likeness (QED) is 0.476. The van der Waals surface area contributed by atoms with E-state index in [0.717, 1.165) is 12.0 Å². The van der Waals surface area contributed by atoms with Crippen LogP contribution in [-0.2, 0) is 19.1 Å². The van der Waals surface area contributed by atoms with Crippen LogP contribution in [0.2, 0.25) is 0 Å². The number of aliphatic hydroxyl groups is 1. The summed E-state index contributed by atoms with van der Waals surface area (Å²) in [5.74, 6) is -0.720. The van der Waals surface area contributed by atoms with E-state index in [4.69, 9.17) is 4.74 Å². The number of fused-ring (bicyclic) bond motifs is 5. The monoisotopic (exact) mass is 490 g/mol. The molecule has 6 heteroatoms. The van der Waals surface area contributed by atoms with Crippen LogP contribution in [0, 0.1) is 34.5 Å². The zero-order valence-electron chi connectivity index (χ0n) is 18.6. The summed E-state index contributed by atoms with van der Waals surface area (Å²) < 4.78 is 6.04. The van der Waals surface area contributed by atoms with Gasteiger partial charge < -0.3 is 9.84 Å². The van der Waals surface area contributed by atoms with E-state index in [1.54, 1.807) is 19.1 Å². The van der Waals surface area contributed by atoms with Crippen molar-refractivity contribution in [2.75, 3.05) is 5.33 Å². The Bertz CT molecular complexity index is 919. The lowest BCUT2D eigenvalue weighted by Crippen LogP contribution is -2.63. The van der Waals surface area contributed by atoms with Gasteiger partial charge in [-0.1, -0.05) is 61.9 Å². The van der Waals surface area contributed by atoms with Gasteiger partial charge in [-0.25, -0.2) is 0 Å². The predicted molar refractivity (Wildman–Crippen MR) is 120 cm³/mol. The van der Waals surface area contributed by atoms with Gasteiger partial charge in [-0.3, -0.25) is 14.4 Å². The Morgan fingerprint density at radius 1 is 1.29 bits per heavy atom. The second kappa shape index (κ2) is 7.51. The maximum Gasteiger partial charge on any atom is 0.306 e. The first-order valence-electron chi connectivity index (χ1n) is 11.2. The molecule has 0 aromatic rings. The number of carbonyl (C=O) groups excluding carboxylic acids is 3. The number of aliphatic hydroxyl groups excluding tert-OH is 1. The van der Waals surface area contributed by atoms with E-state index >= 15 is 0 Å². The SMILES string of the molecule is CCC(=O)O[C@@]1(C(=O)CBr)[C@H](C)C[C@H]2[C@@H]3C=CC4=CC(=O)C=C[C@]4(C)[C@H]3[C@@H](O)C[C@@]21C. The van der Waals surface area contributed by atoms with E-state index in [1.807, 2.05) is 26.0 Å². The molecule has 0 aromatic carbocycles. The fourth-order valence-electron chi connectivity index (χ4n) is 7.32. The first kappa shape index (κ1) is 22.7. The second-order valence-corrected chi connectivity index (χ2v) is 10.7. The number of esters is 1. The van der Waals surface area contributed by atoms with Crippen molar-refractivity contribution in [2.45, 2.75) is 58.7 Å². The van der Waals surface area contributed by atoms with Gasteiger partial charge >= 0.3 is 5.97 Å². The van der Waals surface area contributed by atoms with Crippen molar-refractivity contribution < 1.29 is 24.2 Å². The van der Waals surface area contributed by atoms with Gasteiger partial charge in [-0.2, -0.15) is 0 Å². The van der Waals surface area contributed by atoms with Crippen molar-refractivity contribution in [3.8, 4) is 0 Å². The van der Waals surface area contributed by atoms with E-state index in [0.29, 0.717) is 6.42 Å². The molecule has 0 aliphatic heterocycles. The molecule has 2 fully saturated rings. The summed E-state index contributed by atoms with van der Waals surface area (Å²) in [7, 11) is 0. The first-order valence-corrected chi connectivity index (χ1v) is 12.3. The summed E-state index contributed by atoms with van der Waals surface area (Å²) in [4.78, 5) is 37.8. The molecular formula is C25H31BrO5. The fraction of sp³-hybridized carbons (Fsp3) is 0.640. The third kappa shape index (κ3) is 2.93. The molecule has 5 nitrogen and oxygen atoms in total. The molecule has 2 saturated carbocycles. The average molecular weight is 491 g/mol. The normalized spacial score (nSPS) is 45.4. The van der Waals surface area contributed by atoms with Gasteiger partial charge in [0.25, 0.3) is 0 Å². The Morgan fingerprint density at radius 3 is 2.65 bits per heavy atom. The summed E-state index contributed by atoms with van der Waals surface area (Å²) in [5, 5.41) is 11.6. The zero-order chi connectivity index (χ0) is 22.8. The summed E-state index contributed by atoms with van der Waals surface area (Å²) in [6.07, 6.45) is 9.92. The molecular weight excluding hydrogens is 460 g/mol. The van der Waals surface area contributed by atoms with E-state index in [9.17, 15) is 19.5 Å². The van der Waals surface area contributed by atoms with Crippen LogP contribution in [0.25, 0.3) is 0 Å². The van der Waals surface area contributed by atoms with Crippen molar-refractivity contribution in [1.82, 2.24) is 0 Å². The number of hydrogen-bond donors (Lipinski definition) is 1. The molecule has 0 unspecified atom stereocenters. The lowest BCUT2D eigenvalue weighted by atomic mass is 9.47. The largest absolute Gasteiger partial charge is 0.450 e. The van der Waals surface area contributed by atoms with E-state index < -0.39 is 22.5 Å². The van der Waals surface area contributed by atoms with Gasteiger partial charge in [-0.15, -0.1) is 0 Å². The highest BCUT2D eigenvalue weighted by molar-refractivity contribution is 9.09. The highest BCUT2D eigenvalue weighted by atomic mass is 79.9. The van der Waals surface area contributed by atoms with Crippen LogP contribution in [0.4, 0.5) is 0 Å². The van der Waals surface area contributed by atoms with Crippen LogP contribution in [0.1, 0.15) is 47.0 Å². The summed E-state index contributed by atoms with van der Waals surface area (Å²) >= 11 is 3.32. The minimum Gasteiger partial charge on any atom is -0.450 e. The second-order valence-electron chi connectivity index (χ2n) is 10.1. The third-order valence-corrected chi connectivity index (χ3v) is 9.21. The molecule has 1 N–H and O–H groups in total. The molecule has 4 aliphatic carbocycles. The van der Waals surface area contributed by atoms with Gasteiger partial charge in [0.2, 0.25) is 0 Å². The number of ether oxygens (including phenoxy) is 1. The molecule has 0 saturated heterocycles. The minimum atomic E-state index is -1.26. The van der Waals surface area contributed by atoms with Gasteiger partial charge in [-0.05, 0) is 42.4 Å². The predicted octanol–water partition coefficient (Wildman–Crippen LogP) is 3.94. The Balaban J connectivity index is 1.84. The minimum absolute atomic E-state index is 0.0153. The number of halogens is 1. The summed E-state index contributed by atoms with van der Waals surface area (Å²) in [5.41, 5.74) is -1.46. The Hall–Kier alpha value is -1.53. The Morgan fingerprint density at radius 2 is 2.00 bits per heavy atom. The number of allylic oxidation sites excluding steroid dienone is 6. The molecule has 168 valence electrons. The Labute approximate surface area is 192 Å². The van der Waals surface area contributed by atoms with Crippen LogP contribution in [0.3, 0.4) is 0 Å². The van der Waals surface area contributed by atoms with E-state index in [1.165, 1.54) is 0 Å². The maximum absolute atomic E-state index is 13.4. The molecule has 0 radical (unpaired) electrons. The van der Waals surface area contributed by atoms with Crippen LogP contribution < -0.4 is 0 Å². The van der Waals surface area contributed by atoms with Gasteiger partial charge in [0, 0.05) is 29.1 Å². The van der Waals surface area contributed by atoms with Crippen molar-refractivity contribution in [2.24, 2.45) is 34.5 Å². The number of hydrogen-bond acceptors (Lipinski definition) is 5. The molecule has 0 amide bonds. The molecule has 8 atom stereocenters. The summed E-state index contributed by atoms with van der Waals surface area (Å²) in [6, 6.07) is 0. The van der Waals surface area contributed by atoms with Crippen LogP contribution in [-0.4, -0.2) is 39.7 Å². The number of Topliss-reactive ketones (excluding diaryl/α,β-unsaturated/α-hetero) is 1. The zero-order valence-corrected chi connectivity index (χ0v) is 20.1. The van der Waals surface area contributed by atoms with Crippen LogP contribution >= 0.6 is 15.9 Å². The lowest BCUT2D eigenvalue weighted by molar-refractivity contribution is -0.199. The molecule has 4 aliphatic rings. The average Bonchev–Trinajstić information content (AvgIpc) is 2.94. The Kier molecular flexibility index (Phi) is 5.49. The standard InChI is InChI=1S/C25H31BrO5/c1-5-21(30)31-25(20(29)13-26)14(2)10-18-17-7-6-15-11-16(27)8-9-23(15,3)22(17)19(28)12-24(18,25)4/h6-9,11,14,17-19,22,28H,5,10,12-13H2,1-4H3/t14-,17+,18+,19+,22-,23+,24+,25-/m1/s1.